The summed E-state index contributed by atoms with van der Waals surface area (Å²) < 4.78 is 11.3. The Morgan fingerprint density at radius 2 is 2.38 bits per heavy atom. The number of halogens is 1. The molecule has 0 aliphatic heterocycles. The first-order valence-corrected chi connectivity index (χ1v) is 2.43. The van der Waals surface area contributed by atoms with E-state index >= 15 is 0 Å². The molecule has 0 saturated heterocycles. The second-order valence-electron chi connectivity index (χ2n) is 1.39. The molecule has 47 valence electrons. The van der Waals surface area contributed by atoms with Gasteiger partial charge in [-0.05, 0) is 6.42 Å². The lowest BCUT2D eigenvalue weighted by atomic mass is 10.3. The van der Waals surface area contributed by atoms with Gasteiger partial charge in [0.2, 0.25) is 5.91 Å². The van der Waals surface area contributed by atoms with E-state index in [1.807, 2.05) is 0 Å². The molecule has 0 spiro atoms. The third-order valence-electron chi connectivity index (χ3n) is 0.735. The first kappa shape index (κ1) is 7.40. The average Bonchev–Trinajstić information content (AvgIpc) is 1.83. The molecule has 2 nitrogen and oxygen atoms in total. The maximum absolute atomic E-state index is 11.3. The van der Waals surface area contributed by atoms with Crippen molar-refractivity contribution in [2.75, 3.05) is 6.67 Å². The summed E-state index contributed by atoms with van der Waals surface area (Å²) in [5.74, 6) is -0.206. The van der Waals surface area contributed by atoms with Crippen LogP contribution in [0.3, 0.4) is 0 Å². The molecule has 0 aliphatic carbocycles. The van der Waals surface area contributed by atoms with E-state index in [0.29, 0.717) is 6.42 Å². The predicted molar refractivity (Wildman–Crippen MR) is 28.7 cm³/mol. The van der Waals surface area contributed by atoms with Crippen molar-refractivity contribution in [3.63, 3.8) is 0 Å². The van der Waals surface area contributed by atoms with Gasteiger partial charge < -0.3 is 5.32 Å². The van der Waals surface area contributed by atoms with E-state index in [9.17, 15) is 9.18 Å². The molecule has 1 amide bonds. The van der Waals surface area contributed by atoms with Crippen LogP contribution in [0.4, 0.5) is 4.39 Å². The monoisotopic (exact) mass is 118 g/mol. The molecule has 0 aromatic rings. The van der Waals surface area contributed by atoms with Gasteiger partial charge in [-0.1, -0.05) is 0 Å². The summed E-state index contributed by atoms with van der Waals surface area (Å²) in [6.45, 7) is -0.437. The number of rotatable bonds is 3. The number of hydrogen-bond acceptors (Lipinski definition) is 1. The topological polar surface area (TPSA) is 29.1 Å². The maximum Gasteiger partial charge on any atom is 0.220 e. The molecule has 1 radical (unpaired) electrons. The Hall–Kier alpha value is -0.600. The molecular weight excluding hydrogens is 109 g/mol. The van der Waals surface area contributed by atoms with Gasteiger partial charge in [-0.3, -0.25) is 9.18 Å². The van der Waals surface area contributed by atoms with Gasteiger partial charge in [0.1, 0.15) is 0 Å². The van der Waals surface area contributed by atoms with E-state index in [4.69, 9.17) is 0 Å². The predicted octanol–water partition coefficient (Wildman–Crippen LogP) is 0.644. The van der Waals surface area contributed by atoms with Gasteiger partial charge in [-0.2, -0.15) is 0 Å². The molecule has 8 heavy (non-hydrogen) atoms. The van der Waals surface area contributed by atoms with Crippen LogP contribution in [0.2, 0.25) is 0 Å². The van der Waals surface area contributed by atoms with Crippen LogP contribution in [0.5, 0.6) is 0 Å². The van der Waals surface area contributed by atoms with Crippen molar-refractivity contribution in [3.8, 4) is 0 Å². The largest absolute Gasteiger partial charge is 0.354 e. The van der Waals surface area contributed by atoms with Gasteiger partial charge in [0.25, 0.3) is 0 Å². The Labute approximate surface area is 48.1 Å². The first-order chi connectivity index (χ1) is 3.81. The molecule has 3 heteroatoms. The molecule has 0 bridgehead atoms. The highest BCUT2D eigenvalue weighted by Gasteiger charge is 1.94. The molecular formula is C5H9FNO. The Balaban J connectivity index is 2.99. The van der Waals surface area contributed by atoms with Crippen LogP contribution < -0.4 is 5.32 Å². The highest BCUT2D eigenvalue weighted by atomic mass is 19.1. The summed E-state index contributed by atoms with van der Waals surface area (Å²) in [6, 6.07) is 0. The minimum absolute atomic E-state index is 0.206. The molecule has 0 aliphatic rings. The fourth-order valence-electron chi connectivity index (χ4n) is 0.316. The van der Waals surface area contributed by atoms with E-state index in [-0.39, 0.29) is 12.3 Å². The maximum atomic E-state index is 11.3. The van der Waals surface area contributed by atoms with E-state index in [1.165, 1.54) is 0 Å². The van der Waals surface area contributed by atoms with E-state index in [0.717, 1.165) is 0 Å². The Morgan fingerprint density at radius 3 is 2.75 bits per heavy atom. The van der Waals surface area contributed by atoms with Gasteiger partial charge in [0.05, 0.1) is 6.67 Å². The van der Waals surface area contributed by atoms with Crippen LogP contribution in [0.15, 0.2) is 0 Å². The van der Waals surface area contributed by atoms with Gasteiger partial charge in [-0.25, -0.2) is 0 Å². The number of carbonyl (C=O) groups excluding carboxylic acids is 1. The lowest BCUT2D eigenvalue weighted by Gasteiger charge is -1.92. The van der Waals surface area contributed by atoms with Crippen LogP contribution >= 0.6 is 0 Å². The third-order valence-corrected chi connectivity index (χ3v) is 0.735. The highest BCUT2D eigenvalue weighted by molar-refractivity contribution is 5.75. The zero-order valence-electron chi connectivity index (χ0n) is 4.61. The lowest BCUT2D eigenvalue weighted by molar-refractivity contribution is -0.120. The van der Waals surface area contributed by atoms with Crippen LogP contribution in [0.1, 0.15) is 12.8 Å². The molecule has 0 atom stereocenters. The zero-order chi connectivity index (χ0) is 6.41. The van der Waals surface area contributed by atoms with Crippen molar-refractivity contribution in [1.29, 1.82) is 0 Å². The summed E-state index contributed by atoms with van der Waals surface area (Å²) in [7, 11) is 3.12. The summed E-state index contributed by atoms with van der Waals surface area (Å²) >= 11 is 0. The number of amides is 1. The van der Waals surface area contributed by atoms with Crippen molar-refractivity contribution in [2.24, 2.45) is 0 Å². The van der Waals surface area contributed by atoms with Gasteiger partial charge in [0, 0.05) is 13.5 Å². The summed E-state index contributed by atoms with van der Waals surface area (Å²) in [5, 5.41) is 2.14. The second-order valence-corrected chi connectivity index (χ2v) is 1.39. The first-order valence-electron chi connectivity index (χ1n) is 2.43. The third kappa shape index (κ3) is 3.59. The molecule has 0 saturated carbocycles. The molecule has 0 aromatic heterocycles. The lowest BCUT2D eigenvalue weighted by Crippen LogP contribution is -2.14. The van der Waals surface area contributed by atoms with Crippen molar-refractivity contribution in [3.05, 3.63) is 7.05 Å². The second kappa shape index (κ2) is 4.56. The smallest absolute Gasteiger partial charge is 0.220 e. The Morgan fingerprint density at radius 1 is 1.75 bits per heavy atom. The molecule has 0 heterocycles. The molecule has 0 unspecified atom stereocenters. The SMILES string of the molecule is [CH2]NC(=O)CCCF. The van der Waals surface area contributed by atoms with E-state index in [2.05, 4.69) is 12.4 Å². The molecule has 0 fully saturated rings. The summed E-state index contributed by atoms with van der Waals surface area (Å²) in [5.41, 5.74) is 0. The zero-order valence-corrected chi connectivity index (χ0v) is 4.61. The van der Waals surface area contributed by atoms with E-state index in [1.54, 1.807) is 0 Å². The summed E-state index contributed by atoms with van der Waals surface area (Å²) in [6.07, 6.45) is 0.529. The number of carbonyl (C=O) groups is 1. The average molecular weight is 118 g/mol. The fourth-order valence-corrected chi connectivity index (χ4v) is 0.316. The standard InChI is InChI=1S/C5H9FNO/c1-7-5(8)3-2-4-6/h1-4H2,(H,7,8). The summed E-state index contributed by atoms with van der Waals surface area (Å²) in [4.78, 5) is 10.2. The molecule has 0 aromatic carbocycles. The minimum atomic E-state index is -0.437. The number of nitrogens with one attached hydrogen (secondary N) is 1. The van der Waals surface area contributed by atoms with E-state index < -0.39 is 6.67 Å². The van der Waals surface area contributed by atoms with Crippen molar-refractivity contribution in [2.45, 2.75) is 12.8 Å². The van der Waals surface area contributed by atoms with Gasteiger partial charge in [0.15, 0.2) is 0 Å². The Bertz CT molecular complexity index is 74.8. The van der Waals surface area contributed by atoms with Crippen molar-refractivity contribution >= 4 is 5.91 Å². The number of hydrogen-bond donors (Lipinski definition) is 1. The van der Waals surface area contributed by atoms with Crippen molar-refractivity contribution in [1.82, 2.24) is 5.32 Å². The Kier molecular flexibility index (Phi) is 4.21. The van der Waals surface area contributed by atoms with Crippen LogP contribution in [-0.4, -0.2) is 12.6 Å². The van der Waals surface area contributed by atoms with Crippen LogP contribution in [0.25, 0.3) is 0 Å². The molecule has 1 N–H and O–H groups in total. The van der Waals surface area contributed by atoms with Gasteiger partial charge in [-0.15, -0.1) is 0 Å². The highest BCUT2D eigenvalue weighted by Crippen LogP contribution is 1.87. The van der Waals surface area contributed by atoms with Crippen molar-refractivity contribution < 1.29 is 9.18 Å². The van der Waals surface area contributed by atoms with Crippen LogP contribution in [-0.2, 0) is 4.79 Å². The quantitative estimate of drug-likeness (QED) is 0.579. The normalized spacial score (nSPS) is 8.75. The minimum Gasteiger partial charge on any atom is -0.354 e. The number of alkyl halides is 1. The molecule has 0 rings (SSSR count). The van der Waals surface area contributed by atoms with Gasteiger partial charge >= 0.3 is 0 Å². The van der Waals surface area contributed by atoms with Crippen LogP contribution in [0, 0.1) is 7.05 Å². The fraction of sp³-hybridized carbons (Fsp3) is 0.600.